The van der Waals surface area contributed by atoms with E-state index in [9.17, 15) is 9.59 Å². The van der Waals surface area contributed by atoms with Crippen LogP contribution in [0.5, 0.6) is 0 Å². The first-order valence-electron chi connectivity index (χ1n) is 10.5. The average Bonchev–Trinajstić information content (AvgIpc) is 3.49. The second-order valence-corrected chi connectivity index (χ2v) is 8.55. The third kappa shape index (κ3) is 3.20. The number of para-hydroxylation sites is 1. The number of fused-ring (bicyclic) bond motifs is 2. The number of methoxy groups -OCH3 is 1. The lowest BCUT2D eigenvalue weighted by atomic mass is 9.72. The van der Waals surface area contributed by atoms with Gasteiger partial charge >= 0.3 is 0 Å². The molecule has 5 rings (SSSR count). The van der Waals surface area contributed by atoms with Gasteiger partial charge in [-0.05, 0) is 19.4 Å². The van der Waals surface area contributed by atoms with Crippen LogP contribution in [0.2, 0.25) is 0 Å². The van der Waals surface area contributed by atoms with E-state index in [-0.39, 0.29) is 29.8 Å². The zero-order valence-corrected chi connectivity index (χ0v) is 17.7. The van der Waals surface area contributed by atoms with Crippen molar-refractivity contribution in [3.8, 4) is 0 Å². The molecule has 0 saturated carbocycles. The number of aryl methyl sites for hydroxylation is 1. The normalized spacial score (nSPS) is 23.4. The number of nitrogens with zero attached hydrogens (tertiary/aromatic N) is 4. The maximum atomic E-state index is 13.5. The Bertz CT molecular complexity index is 1140. The molecule has 2 fully saturated rings. The van der Waals surface area contributed by atoms with Gasteiger partial charge < -0.3 is 19.5 Å². The van der Waals surface area contributed by atoms with Gasteiger partial charge in [0, 0.05) is 56.3 Å². The minimum absolute atomic E-state index is 0.00625. The molecule has 2 aliphatic heterocycles. The molecule has 1 aromatic carbocycles. The molecule has 9 nitrogen and oxygen atoms in total. The number of aromatic nitrogens is 4. The Kier molecular flexibility index (Phi) is 4.77. The minimum atomic E-state index is -0.365. The van der Waals surface area contributed by atoms with Gasteiger partial charge in [-0.3, -0.25) is 14.7 Å². The van der Waals surface area contributed by atoms with E-state index >= 15 is 0 Å². The summed E-state index contributed by atoms with van der Waals surface area (Å²) in [5.41, 5.74) is 1.25. The zero-order chi connectivity index (χ0) is 21.6. The Morgan fingerprint density at radius 3 is 2.84 bits per heavy atom. The van der Waals surface area contributed by atoms with E-state index in [0.717, 1.165) is 22.6 Å². The molecule has 2 atom stereocenters. The standard InChI is InChI=1S/C22H26N6O3/c1-14-24-21(26-25-14)22-7-8-27(19(29)12-31-2)10-15(22)11-28(13-22)20(30)17-9-23-18-6-4-3-5-16(17)18/h3-6,9,15,23H,7-8,10-13H2,1-2H3,(H,24,25,26)/t15-,22-/m1/s1. The summed E-state index contributed by atoms with van der Waals surface area (Å²) in [6.45, 7) is 4.21. The van der Waals surface area contributed by atoms with Crippen LogP contribution in [0.25, 0.3) is 10.9 Å². The number of H-pyrrole nitrogens is 2. The number of hydrogen-bond acceptors (Lipinski definition) is 5. The van der Waals surface area contributed by atoms with Gasteiger partial charge in [0.2, 0.25) is 5.91 Å². The number of benzene rings is 1. The molecular formula is C22H26N6O3. The summed E-state index contributed by atoms with van der Waals surface area (Å²) < 4.78 is 5.04. The van der Waals surface area contributed by atoms with Gasteiger partial charge in [0.05, 0.1) is 11.0 Å². The second kappa shape index (κ2) is 7.49. The number of likely N-dealkylation sites (tertiary alicyclic amines) is 2. The monoisotopic (exact) mass is 422 g/mol. The number of carbonyl (C=O) groups excluding carboxylic acids is 2. The number of amides is 2. The van der Waals surface area contributed by atoms with Gasteiger partial charge in [-0.15, -0.1) is 0 Å². The van der Waals surface area contributed by atoms with Crippen molar-refractivity contribution >= 4 is 22.7 Å². The number of rotatable bonds is 4. The van der Waals surface area contributed by atoms with Crippen molar-refractivity contribution in [2.24, 2.45) is 5.92 Å². The molecule has 9 heteroatoms. The van der Waals surface area contributed by atoms with E-state index in [1.54, 1.807) is 6.20 Å². The molecule has 4 heterocycles. The first-order chi connectivity index (χ1) is 15.0. The van der Waals surface area contributed by atoms with Crippen molar-refractivity contribution in [2.45, 2.75) is 18.8 Å². The first kappa shape index (κ1) is 19.7. The van der Waals surface area contributed by atoms with Crippen molar-refractivity contribution in [1.29, 1.82) is 0 Å². The van der Waals surface area contributed by atoms with Crippen LogP contribution in [-0.4, -0.2) is 81.7 Å². The third-order valence-electron chi connectivity index (χ3n) is 6.73. The quantitative estimate of drug-likeness (QED) is 0.662. The van der Waals surface area contributed by atoms with Gasteiger partial charge in [-0.25, -0.2) is 4.98 Å². The van der Waals surface area contributed by atoms with E-state index < -0.39 is 0 Å². The van der Waals surface area contributed by atoms with Crippen LogP contribution in [0.15, 0.2) is 30.5 Å². The van der Waals surface area contributed by atoms with Crippen molar-refractivity contribution in [3.05, 3.63) is 47.7 Å². The van der Waals surface area contributed by atoms with Crippen molar-refractivity contribution in [2.75, 3.05) is 39.9 Å². The van der Waals surface area contributed by atoms with E-state index in [0.29, 0.717) is 38.2 Å². The third-order valence-corrected chi connectivity index (χ3v) is 6.73. The molecule has 2 aliphatic rings. The Morgan fingerprint density at radius 2 is 2.06 bits per heavy atom. The lowest BCUT2D eigenvalue weighted by Crippen LogP contribution is -2.52. The predicted octanol–water partition coefficient (Wildman–Crippen LogP) is 1.48. The summed E-state index contributed by atoms with van der Waals surface area (Å²) in [6.07, 6.45) is 2.50. The fourth-order valence-electron chi connectivity index (χ4n) is 5.13. The molecule has 0 radical (unpaired) electrons. The maximum absolute atomic E-state index is 13.5. The maximum Gasteiger partial charge on any atom is 0.256 e. The van der Waals surface area contributed by atoms with Crippen LogP contribution < -0.4 is 0 Å². The highest BCUT2D eigenvalue weighted by Gasteiger charge is 2.54. The SMILES string of the molecule is COCC(=O)N1CC[C@@]2(c3n[nH]c(C)n3)CN(C(=O)c3c[nH]c4ccccc34)C[C@H]2C1. The van der Waals surface area contributed by atoms with Gasteiger partial charge in [-0.2, -0.15) is 5.10 Å². The molecule has 2 amide bonds. The molecular weight excluding hydrogens is 396 g/mol. The molecule has 2 saturated heterocycles. The Balaban J connectivity index is 1.47. The second-order valence-electron chi connectivity index (χ2n) is 8.55. The molecule has 2 aromatic heterocycles. The number of hydrogen-bond donors (Lipinski definition) is 2. The van der Waals surface area contributed by atoms with E-state index in [4.69, 9.17) is 4.74 Å². The minimum Gasteiger partial charge on any atom is -0.375 e. The number of aromatic amines is 2. The number of nitrogens with one attached hydrogen (secondary N) is 2. The van der Waals surface area contributed by atoms with Crippen LogP contribution in [-0.2, 0) is 14.9 Å². The lowest BCUT2D eigenvalue weighted by molar-refractivity contribution is -0.137. The highest BCUT2D eigenvalue weighted by atomic mass is 16.5. The molecule has 0 bridgehead atoms. The molecule has 162 valence electrons. The summed E-state index contributed by atoms with van der Waals surface area (Å²) in [7, 11) is 1.53. The van der Waals surface area contributed by atoms with Crippen molar-refractivity contribution in [1.82, 2.24) is 30.0 Å². The fraction of sp³-hybridized carbons (Fsp3) is 0.455. The molecule has 0 unspecified atom stereocenters. The summed E-state index contributed by atoms with van der Waals surface area (Å²) in [4.78, 5) is 37.5. The molecule has 0 spiro atoms. The van der Waals surface area contributed by atoms with Gasteiger partial charge in [0.1, 0.15) is 12.4 Å². The van der Waals surface area contributed by atoms with Crippen LogP contribution in [0.3, 0.4) is 0 Å². The van der Waals surface area contributed by atoms with E-state index in [2.05, 4.69) is 20.2 Å². The van der Waals surface area contributed by atoms with E-state index in [1.165, 1.54) is 7.11 Å². The smallest absolute Gasteiger partial charge is 0.256 e. The summed E-state index contributed by atoms with van der Waals surface area (Å²) in [5, 5.41) is 8.35. The predicted molar refractivity (Wildman–Crippen MR) is 114 cm³/mol. The summed E-state index contributed by atoms with van der Waals surface area (Å²) in [5.74, 6) is 1.52. The van der Waals surface area contributed by atoms with E-state index in [1.807, 2.05) is 41.0 Å². The number of carbonyl (C=O) groups is 2. The lowest BCUT2D eigenvalue weighted by Gasteiger charge is -2.41. The summed E-state index contributed by atoms with van der Waals surface area (Å²) in [6, 6.07) is 7.81. The van der Waals surface area contributed by atoms with Crippen molar-refractivity contribution < 1.29 is 14.3 Å². The Morgan fingerprint density at radius 1 is 1.26 bits per heavy atom. The fourth-order valence-corrected chi connectivity index (χ4v) is 5.13. The molecule has 2 N–H and O–H groups in total. The van der Waals surface area contributed by atoms with Crippen LogP contribution in [0.4, 0.5) is 0 Å². The van der Waals surface area contributed by atoms with Gasteiger partial charge in [0.15, 0.2) is 5.82 Å². The zero-order valence-electron chi connectivity index (χ0n) is 17.7. The average molecular weight is 422 g/mol. The number of piperidine rings is 1. The summed E-state index contributed by atoms with van der Waals surface area (Å²) >= 11 is 0. The Hall–Kier alpha value is -3.20. The van der Waals surface area contributed by atoms with Gasteiger partial charge in [0.25, 0.3) is 5.91 Å². The van der Waals surface area contributed by atoms with Crippen molar-refractivity contribution in [3.63, 3.8) is 0 Å². The highest BCUT2D eigenvalue weighted by molar-refractivity contribution is 6.06. The highest BCUT2D eigenvalue weighted by Crippen LogP contribution is 2.44. The van der Waals surface area contributed by atoms with Gasteiger partial charge in [-0.1, -0.05) is 18.2 Å². The molecule has 3 aromatic rings. The first-order valence-corrected chi connectivity index (χ1v) is 10.5. The van der Waals surface area contributed by atoms with Crippen LogP contribution >= 0.6 is 0 Å². The number of ether oxygens (including phenoxy) is 1. The Labute approximate surface area is 179 Å². The van der Waals surface area contributed by atoms with Crippen LogP contribution in [0.1, 0.15) is 28.4 Å². The molecule has 31 heavy (non-hydrogen) atoms. The largest absolute Gasteiger partial charge is 0.375 e. The van der Waals surface area contributed by atoms with Crippen LogP contribution in [0, 0.1) is 12.8 Å². The molecule has 0 aliphatic carbocycles. The topological polar surface area (TPSA) is 107 Å².